The van der Waals surface area contributed by atoms with Crippen LogP contribution in [-0.2, 0) is 4.79 Å². The van der Waals surface area contributed by atoms with Crippen molar-refractivity contribution >= 4 is 22.6 Å². The topological polar surface area (TPSA) is 106 Å². The van der Waals surface area contributed by atoms with Gasteiger partial charge in [0.15, 0.2) is 5.69 Å². The quantitative estimate of drug-likeness (QED) is 0.446. The standard InChI is InChI=1S/C27H33N5O4/c1-36-21-13-11-20(12-14-21)32-27(35)23-10-5-4-9-22(23)25(30-32)26(34)29-19-24(33)28-15-8-18-31-16-6-2-3-7-17-31/h4-5,9-14H,2-3,6-8,15-19H2,1H3,(H,28,33)(H,29,34). The van der Waals surface area contributed by atoms with Crippen molar-refractivity contribution in [1.82, 2.24) is 25.3 Å². The van der Waals surface area contributed by atoms with Crippen LogP contribution in [0.3, 0.4) is 0 Å². The molecule has 0 aliphatic carbocycles. The Morgan fingerprint density at radius 1 is 0.944 bits per heavy atom. The van der Waals surface area contributed by atoms with Crippen LogP contribution in [0.1, 0.15) is 42.6 Å². The lowest BCUT2D eigenvalue weighted by atomic mass is 10.1. The largest absolute Gasteiger partial charge is 0.497 e. The number of nitrogens with one attached hydrogen (secondary N) is 2. The number of hydrogen-bond acceptors (Lipinski definition) is 6. The lowest BCUT2D eigenvalue weighted by molar-refractivity contribution is -0.120. The van der Waals surface area contributed by atoms with E-state index < -0.39 is 5.91 Å². The molecule has 2 N–H and O–H groups in total. The highest BCUT2D eigenvalue weighted by Crippen LogP contribution is 2.17. The van der Waals surface area contributed by atoms with Crippen molar-refractivity contribution in [2.75, 3.05) is 39.8 Å². The number of ether oxygens (including phenoxy) is 1. The van der Waals surface area contributed by atoms with E-state index in [1.165, 1.54) is 30.4 Å². The maximum Gasteiger partial charge on any atom is 0.279 e. The lowest BCUT2D eigenvalue weighted by Gasteiger charge is -2.19. The van der Waals surface area contributed by atoms with E-state index in [0.29, 0.717) is 28.8 Å². The number of rotatable bonds is 9. The van der Waals surface area contributed by atoms with E-state index in [1.54, 1.807) is 55.6 Å². The monoisotopic (exact) mass is 491 g/mol. The predicted octanol–water partition coefficient (Wildman–Crippen LogP) is 2.51. The van der Waals surface area contributed by atoms with Gasteiger partial charge >= 0.3 is 0 Å². The number of aromatic nitrogens is 2. The first-order valence-corrected chi connectivity index (χ1v) is 12.5. The van der Waals surface area contributed by atoms with Crippen molar-refractivity contribution in [3.63, 3.8) is 0 Å². The molecule has 0 spiro atoms. The van der Waals surface area contributed by atoms with Crippen molar-refractivity contribution in [3.05, 3.63) is 64.6 Å². The zero-order valence-electron chi connectivity index (χ0n) is 20.7. The number of carbonyl (C=O) groups is 2. The molecule has 1 aliphatic heterocycles. The number of benzene rings is 2. The van der Waals surface area contributed by atoms with Gasteiger partial charge in [0.05, 0.1) is 24.7 Å². The molecule has 9 nitrogen and oxygen atoms in total. The fourth-order valence-electron chi connectivity index (χ4n) is 4.45. The highest BCUT2D eigenvalue weighted by Gasteiger charge is 2.18. The maximum absolute atomic E-state index is 13.1. The van der Waals surface area contributed by atoms with Gasteiger partial charge in [-0.05, 0) is 69.2 Å². The number of nitrogens with zero attached hydrogens (tertiary/aromatic N) is 3. The molecule has 0 atom stereocenters. The Kier molecular flexibility index (Phi) is 8.67. The third-order valence-corrected chi connectivity index (χ3v) is 6.42. The second kappa shape index (κ2) is 12.3. The van der Waals surface area contributed by atoms with Crippen molar-refractivity contribution in [2.24, 2.45) is 0 Å². The van der Waals surface area contributed by atoms with E-state index in [2.05, 4.69) is 20.6 Å². The molecule has 1 aliphatic rings. The second-order valence-corrected chi connectivity index (χ2v) is 8.95. The van der Waals surface area contributed by atoms with E-state index in [4.69, 9.17) is 4.74 Å². The summed E-state index contributed by atoms with van der Waals surface area (Å²) in [4.78, 5) is 40.9. The van der Waals surface area contributed by atoms with Gasteiger partial charge in [0.2, 0.25) is 5.91 Å². The molecule has 0 saturated carbocycles. The van der Waals surface area contributed by atoms with Gasteiger partial charge in [-0.25, -0.2) is 0 Å². The van der Waals surface area contributed by atoms with Crippen LogP contribution in [0.5, 0.6) is 5.75 Å². The third-order valence-electron chi connectivity index (χ3n) is 6.42. The molecule has 3 aromatic rings. The van der Waals surface area contributed by atoms with Gasteiger partial charge < -0.3 is 20.3 Å². The highest BCUT2D eigenvalue weighted by atomic mass is 16.5. The van der Waals surface area contributed by atoms with Crippen molar-refractivity contribution in [2.45, 2.75) is 32.1 Å². The van der Waals surface area contributed by atoms with Crippen LogP contribution >= 0.6 is 0 Å². The normalized spacial score (nSPS) is 14.2. The Balaban J connectivity index is 1.40. The molecular formula is C27H33N5O4. The van der Waals surface area contributed by atoms with Crippen LogP contribution in [0.2, 0.25) is 0 Å². The van der Waals surface area contributed by atoms with Gasteiger partial charge in [-0.1, -0.05) is 31.0 Å². The molecule has 0 radical (unpaired) electrons. The van der Waals surface area contributed by atoms with Crippen molar-refractivity contribution in [1.29, 1.82) is 0 Å². The van der Waals surface area contributed by atoms with Crippen molar-refractivity contribution < 1.29 is 14.3 Å². The van der Waals surface area contributed by atoms with Gasteiger partial charge in [0, 0.05) is 11.9 Å². The fourth-order valence-corrected chi connectivity index (χ4v) is 4.45. The summed E-state index contributed by atoms with van der Waals surface area (Å²) in [6.45, 7) is 3.62. The minimum atomic E-state index is -0.520. The molecule has 36 heavy (non-hydrogen) atoms. The molecule has 2 heterocycles. The van der Waals surface area contributed by atoms with E-state index in [9.17, 15) is 14.4 Å². The molecule has 2 aromatic carbocycles. The number of carbonyl (C=O) groups excluding carboxylic acids is 2. The average molecular weight is 492 g/mol. The summed E-state index contributed by atoms with van der Waals surface area (Å²) >= 11 is 0. The fraction of sp³-hybridized carbons (Fsp3) is 0.407. The molecule has 0 bridgehead atoms. The minimum absolute atomic E-state index is 0.0787. The maximum atomic E-state index is 13.1. The van der Waals surface area contributed by atoms with E-state index in [1.807, 2.05) is 0 Å². The number of hydrogen-bond donors (Lipinski definition) is 2. The Bertz CT molecular complexity index is 1250. The molecule has 1 saturated heterocycles. The first-order chi connectivity index (χ1) is 17.6. The zero-order chi connectivity index (χ0) is 25.3. The molecule has 1 aromatic heterocycles. The van der Waals surface area contributed by atoms with Crippen molar-refractivity contribution in [3.8, 4) is 11.4 Å². The molecule has 2 amide bonds. The minimum Gasteiger partial charge on any atom is -0.497 e. The number of likely N-dealkylation sites (tertiary alicyclic amines) is 1. The molecule has 190 valence electrons. The second-order valence-electron chi connectivity index (χ2n) is 8.95. The summed E-state index contributed by atoms with van der Waals surface area (Å²) in [5, 5.41) is 10.7. The van der Waals surface area contributed by atoms with Crippen LogP contribution < -0.4 is 20.9 Å². The van der Waals surface area contributed by atoms with Gasteiger partial charge in [0.1, 0.15) is 5.75 Å². The van der Waals surface area contributed by atoms with Crippen LogP contribution in [0.15, 0.2) is 53.3 Å². The summed E-state index contributed by atoms with van der Waals surface area (Å²) in [5.74, 6) is -0.136. The van der Waals surface area contributed by atoms with E-state index in [-0.39, 0.29) is 23.7 Å². The summed E-state index contributed by atoms with van der Waals surface area (Å²) in [6, 6.07) is 13.7. The van der Waals surface area contributed by atoms with Crippen LogP contribution in [0.25, 0.3) is 16.5 Å². The number of methoxy groups -OCH3 is 1. The van der Waals surface area contributed by atoms with E-state index in [0.717, 1.165) is 26.1 Å². The van der Waals surface area contributed by atoms with E-state index >= 15 is 0 Å². The van der Waals surface area contributed by atoms with Crippen LogP contribution in [0, 0.1) is 0 Å². The summed E-state index contributed by atoms with van der Waals surface area (Å²) in [5.41, 5.74) is 0.243. The smallest absolute Gasteiger partial charge is 0.279 e. The Labute approximate surface area is 210 Å². The molecular weight excluding hydrogens is 458 g/mol. The molecule has 1 fully saturated rings. The Morgan fingerprint density at radius 2 is 1.64 bits per heavy atom. The summed E-state index contributed by atoms with van der Waals surface area (Å²) in [7, 11) is 1.56. The van der Waals surface area contributed by atoms with Gasteiger partial charge in [-0.2, -0.15) is 9.78 Å². The first kappa shape index (κ1) is 25.4. The van der Waals surface area contributed by atoms with Crippen LogP contribution in [0.4, 0.5) is 0 Å². The van der Waals surface area contributed by atoms with Gasteiger partial charge in [0.25, 0.3) is 11.5 Å². The Morgan fingerprint density at radius 3 is 2.33 bits per heavy atom. The molecule has 9 heteroatoms. The first-order valence-electron chi connectivity index (χ1n) is 12.5. The average Bonchev–Trinajstić information content (AvgIpc) is 3.19. The SMILES string of the molecule is COc1ccc(-n2nc(C(=O)NCC(=O)NCCCN3CCCCCC3)c3ccccc3c2=O)cc1. The van der Waals surface area contributed by atoms with Gasteiger partial charge in [-0.3, -0.25) is 14.4 Å². The summed E-state index contributed by atoms with van der Waals surface area (Å²) < 4.78 is 6.37. The van der Waals surface area contributed by atoms with Crippen LogP contribution in [-0.4, -0.2) is 66.3 Å². The third kappa shape index (κ3) is 6.28. The van der Waals surface area contributed by atoms with Gasteiger partial charge in [-0.15, -0.1) is 0 Å². The lowest BCUT2D eigenvalue weighted by Crippen LogP contribution is -2.39. The Hall–Kier alpha value is -3.72. The predicted molar refractivity (Wildman–Crippen MR) is 139 cm³/mol. The number of amides is 2. The number of fused-ring (bicyclic) bond motifs is 1. The molecule has 4 rings (SSSR count). The highest BCUT2D eigenvalue weighted by molar-refractivity contribution is 6.05. The zero-order valence-corrected chi connectivity index (χ0v) is 20.7. The molecule has 0 unspecified atom stereocenters. The summed E-state index contributed by atoms with van der Waals surface area (Å²) in [6.07, 6.45) is 5.96.